The van der Waals surface area contributed by atoms with E-state index in [4.69, 9.17) is 5.26 Å². The van der Waals surface area contributed by atoms with Crippen LogP contribution in [0.5, 0.6) is 0 Å². The first-order valence-electron chi connectivity index (χ1n) is 11.9. The lowest BCUT2D eigenvalue weighted by Gasteiger charge is -2.12. The van der Waals surface area contributed by atoms with Crippen molar-refractivity contribution in [2.24, 2.45) is 0 Å². The highest BCUT2D eigenvalue weighted by molar-refractivity contribution is 5.83. The molecule has 0 fully saturated rings. The average molecular weight is 544 g/mol. The van der Waals surface area contributed by atoms with Crippen molar-refractivity contribution in [2.45, 2.75) is 19.6 Å². The summed E-state index contributed by atoms with van der Waals surface area (Å²) in [6, 6.07) is 17.1. The summed E-state index contributed by atoms with van der Waals surface area (Å²) in [4.78, 5) is 31.2. The quantitative estimate of drug-likeness (QED) is 0.341. The summed E-state index contributed by atoms with van der Waals surface area (Å²) in [6.07, 6.45) is -0.0229. The number of pyridine rings is 1. The molecule has 0 unspecified atom stereocenters. The number of carbonyl (C=O) groups is 1. The number of hydrogen-bond acceptors (Lipinski definition) is 5. The van der Waals surface area contributed by atoms with Gasteiger partial charge in [-0.1, -0.05) is 12.1 Å². The SMILES string of the molecule is Cc1c(-c2ccnn2-c2ccc(C#N)cc2)n(C(=O)NCc2cccnc2)c(=O)n1-c1cccc(C(F)(F)F)c1. The number of nitriles is 1. The third-order valence-corrected chi connectivity index (χ3v) is 6.21. The minimum absolute atomic E-state index is 0.0539. The molecule has 0 bridgehead atoms. The first-order chi connectivity index (χ1) is 19.2. The lowest BCUT2D eigenvalue weighted by molar-refractivity contribution is -0.137. The molecule has 5 aromatic rings. The van der Waals surface area contributed by atoms with E-state index in [2.05, 4.69) is 15.4 Å². The standard InChI is InChI=1S/C28H20F3N7O2/c1-18-25(24-11-13-35-38(24)22-9-7-19(15-32)8-10-22)37(26(39)34-17-20-4-3-12-33-16-20)27(40)36(18)23-6-2-5-21(14-23)28(29,30)31/h2-14,16H,17H2,1H3,(H,34,39). The van der Waals surface area contributed by atoms with Crippen molar-refractivity contribution >= 4 is 6.03 Å². The van der Waals surface area contributed by atoms with E-state index < -0.39 is 23.5 Å². The normalized spacial score (nSPS) is 11.3. The number of nitrogens with zero attached hydrogens (tertiary/aromatic N) is 6. The van der Waals surface area contributed by atoms with Crippen LogP contribution >= 0.6 is 0 Å². The van der Waals surface area contributed by atoms with E-state index >= 15 is 0 Å². The van der Waals surface area contributed by atoms with Crippen molar-refractivity contribution in [1.29, 1.82) is 5.26 Å². The van der Waals surface area contributed by atoms with Gasteiger partial charge in [-0.3, -0.25) is 9.55 Å². The van der Waals surface area contributed by atoms with Crippen LogP contribution in [0, 0.1) is 18.3 Å². The molecule has 2 aromatic carbocycles. The van der Waals surface area contributed by atoms with Crippen molar-refractivity contribution in [2.75, 3.05) is 0 Å². The predicted octanol–water partition coefficient (Wildman–Crippen LogP) is 4.84. The van der Waals surface area contributed by atoms with Gasteiger partial charge in [0, 0.05) is 18.9 Å². The molecule has 0 aliphatic rings. The van der Waals surface area contributed by atoms with E-state index in [1.807, 2.05) is 6.07 Å². The summed E-state index contributed by atoms with van der Waals surface area (Å²) < 4.78 is 43.9. The Morgan fingerprint density at radius 3 is 2.48 bits per heavy atom. The zero-order valence-electron chi connectivity index (χ0n) is 20.9. The molecule has 200 valence electrons. The Kier molecular flexibility index (Phi) is 6.79. The summed E-state index contributed by atoms with van der Waals surface area (Å²) in [6.45, 7) is 1.60. The molecule has 0 aliphatic heterocycles. The number of aromatic nitrogens is 5. The van der Waals surface area contributed by atoms with Gasteiger partial charge in [0.05, 0.1) is 46.2 Å². The molecule has 0 atom stereocenters. The summed E-state index contributed by atoms with van der Waals surface area (Å²) in [5.74, 6) is 0. The maximum absolute atomic E-state index is 13.8. The molecule has 40 heavy (non-hydrogen) atoms. The molecule has 1 N–H and O–H groups in total. The Hall–Kier alpha value is -5.44. The van der Waals surface area contributed by atoms with Crippen LogP contribution in [0.2, 0.25) is 0 Å². The molecule has 0 saturated carbocycles. The minimum atomic E-state index is -4.63. The lowest BCUT2D eigenvalue weighted by atomic mass is 10.2. The van der Waals surface area contributed by atoms with Crippen LogP contribution in [0.25, 0.3) is 22.8 Å². The molecule has 9 nitrogen and oxygen atoms in total. The van der Waals surface area contributed by atoms with E-state index in [0.29, 0.717) is 22.5 Å². The Bertz CT molecular complexity index is 1790. The Morgan fingerprint density at radius 2 is 1.80 bits per heavy atom. The van der Waals surface area contributed by atoms with Crippen LogP contribution in [-0.4, -0.2) is 29.9 Å². The fourth-order valence-electron chi connectivity index (χ4n) is 4.35. The Labute approximate surface area is 225 Å². The second-order valence-electron chi connectivity index (χ2n) is 8.74. The monoisotopic (exact) mass is 543 g/mol. The molecule has 3 heterocycles. The molecular weight excluding hydrogens is 523 g/mol. The van der Waals surface area contributed by atoms with Crippen LogP contribution in [0.3, 0.4) is 0 Å². The van der Waals surface area contributed by atoms with Crippen LogP contribution in [0.15, 0.2) is 90.1 Å². The van der Waals surface area contributed by atoms with E-state index in [1.54, 1.807) is 54.9 Å². The molecule has 1 amide bonds. The number of amides is 1. The molecule has 0 spiro atoms. The van der Waals surface area contributed by atoms with Crippen LogP contribution < -0.4 is 11.0 Å². The third kappa shape index (κ3) is 4.88. The van der Waals surface area contributed by atoms with Gasteiger partial charge in [0.1, 0.15) is 5.69 Å². The molecule has 0 saturated heterocycles. The molecule has 0 radical (unpaired) electrons. The van der Waals surface area contributed by atoms with Gasteiger partial charge in [0.25, 0.3) is 0 Å². The molecule has 12 heteroatoms. The van der Waals surface area contributed by atoms with E-state index in [0.717, 1.165) is 21.3 Å². The second kappa shape index (κ2) is 10.4. The summed E-state index contributed by atoms with van der Waals surface area (Å²) in [5, 5.41) is 16.2. The first kappa shape index (κ1) is 26.2. The summed E-state index contributed by atoms with van der Waals surface area (Å²) >= 11 is 0. The molecule has 3 aromatic heterocycles. The summed E-state index contributed by atoms with van der Waals surface area (Å²) in [5.41, 5.74) is 0.489. The minimum Gasteiger partial charge on any atom is -0.333 e. The van der Waals surface area contributed by atoms with Gasteiger partial charge in [-0.25, -0.2) is 18.8 Å². The second-order valence-corrected chi connectivity index (χ2v) is 8.74. The van der Waals surface area contributed by atoms with Crippen LogP contribution in [0.1, 0.15) is 22.4 Å². The predicted molar refractivity (Wildman–Crippen MR) is 139 cm³/mol. The van der Waals surface area contributed by atoms with Gasteiger partial charge in [0.2, 0.25) is 0 Å². The van der Waals surface area contributed by atoms with Gasteiger partial charge in [0.15, 0.2) is 0 Å². The zero-order valence-corrected chi connectivity index (χ0v) is 20.9. The number of imidazole rings is 1. The fourth-order valence-corrected chi connectivity index (χ4v) is 4.35. The van der Waals surface area contributed by atoms with Crippen LogP contribution in [0.4, 0.5) is 18.0 Å². The lowest BCUT2D eigenvalue weighted by Crippen LogP contribution is -2.37. The maximum Gasteiger partial charge on any atom is 0.416 e. The Balaban J connectivity index is 1.68. The molecule has 5 rings (SSSR count). The first-order valence-corrected chi connectivity index (χ1v) is 11.9. The van der Waals surface area contributed by atoms with Crippen molar-refractivity contribution < 1.29 is 18.0 Å². The van der Waals surface area contributed by atoms with E-state index in [-0.39, 0.29) is 23.6 Å². The number of halogens is 3. The number of hydrogen-bond donors (Lipinski definition) is 1. The highest BCUT2D eigenvalue weighted by atomic mass is 19.4. The average Bonchev–Trinajstić information content (AvgIpc) is 3.53. The highest BCUT2D eigenvalue weighted by Crippen LogP contribution is 2.32. The number of carbonyl (C=O) groups excluding carboxylic acids is 1. The fraction of sp³-hybridized carbons (Fsp3) is 0.107. The van der Waals surface area contributed by atoms with Gasteiger partial charge in [-0.2, -0.15) is 23.5 Å². The van der Waals surface area contributed by atoms with Gasteiger partial charge in [-0.15, -0.1) is 0 Å². The number of alkyl halides is 3. The van der Waals surface area contributed by atoms with Gasteiger partial charge >= 0.3 is 17.9 Å². The van der Waals surface area contributed by atoms with Gasteiger partial charge < -0.3 is 5.32 Å². The van der Waals surface area contributed by atoms with Crippen LogP contribution in [-0.2, 0) is 12.7 Å². The molecular formula is C28H20F3N7O2. The van der Waals surface area contributed by atoms with Gasteiger partial charge in [-0.05, 0) is 67.1 Å². The molecule has 0 aliphatic carbocycles. The highest BCUT2D eigenvalue weighted by Gasteiger charge is 2.32. The zero-order chi connectivity index (χ0) is 28.4. The van der Waals surface area contributed by atoms with Crippen molar-refractivity contribution in [3.8, 4) is 28.8 Å². The number of rotatable bonds is 5. The van der Waals surface area contributed by atoms with Crippen molar-refractivity contribution in [1.82, 2.24) is 29.2 Å². The third-order valence-electron chi connectivity index (χ3n) is 6.21. The maximum atomic E-state index is 13.8. The topological polar surface area (TPSA) is 111 Å². The van der Waals surface area contributed by atoms with Crippen molar-refractivity contribution in [3.05, 3.63) is 118 Å². The van der Waals surface area contributed by atoms with E-state index in [1.165, 1.54) is 29.9 Å². The van der Waals surface area contributed by atoms with E-state index in [9.17, 15) is 22.8 Å². The number of benzene rings is 2. The number of nitrogens with one attached hydrogen (secondary N) is 1. The Morgan fingerprint density at radius 1 is 1.02 bits per heavy atom. The largest absolute Gasteiger partial charge is 0.416 e. The van der Waals surface area contributed by atoms with Crippen molar-refractivity contribution in [3.63, 3.8) is 0 Å². The smallest absolute Gasteiger partial charge is 0.333 e. The summed E-state index contributed by atoms with van der Waals surface area (Å²) in [7, 11) is 0.